The zero-order valence-corrected chi connectivity index (χ0v) is 13.9. The molecule has 2 aromatic rings. The van der Waals surface area contributed by atoms with Crippen LogP contribution >= 0.6 is 0 Å². The van der Waals surface area contributed by atoms with Gasteiger partial charge in [0.2, 0.25) is 5.91 Å². The Kier molecular flexibility index (Phi) is 6.11. The second kappa shape index (κ2) is 8.49. The molecule has 0 aliphatic rings. The van der Waals surface area contributed by atoms with E-state index in [9.17, 15) is 14.7 Å². The van der Waals surface area contributed by atoms with Crippen molar-refractivity contribution in [2.45, 2.75) is 6.92 Å². The van der Waals surface area contributed by atoms with E-state index in [1.807, 2.05) is 0 Å². The molecular formula is C18H19N3O4. The second-order valence-electron chi connectivity index (χ2n) is 5.27. The van der Waals surface area contributed by atoms with Crippen molar-refractivity contribution in [3.63, 3.8) is 0 Å². The van der Waals surface area contributed by atoms with Crippen LogP contribution in [0.1, 0.15) is 12.5 Å². The van der Waals surface area contributed by atoms with Crippen LogP contribution < -0.4 is 15.5 Å². The molecule has 0 radical (unpaired) electrons. The second-order valence-corrected chi connectivity index (χ2v) is 5.27. The molecule has 0 heterocycles. The molecule has 0 saturated carbocycles. The number of benzene rings is 2. The van der Waals surface area contributed by atoms with Gasteiger partial charge in [-0.15, -0.1) is 0 Å². The summed E-state index contributed by atoms with van der Waals surface area (Å²) in [7, 11) is 1.55. The van der Waals surface area contributed by atoms with Crippen molar-refractivity contribution in [1.82, 2.24) is 5.43 Å². The van der Waals surface area contributed by atoms with Gasteiger partial charge in [0.25, 0.3) is 5.91 Å². The molecule has 1 unspecified atom stereocenters. The van der Waals surface area contributed by atoms with Crippen molar-refractivity contribution >= 4 is 23.7 Å². The molecule has 0 aliphatic heterocycles. The van der Waals surface area contributed by atoms with Gasteiger partial charge < -0.3 is 15.2 Å². The molecule has 7 nitrogen and oxygen atoms in total. The number of anilines is 1. The molecule has 1 atom stereocenters. The highest BCUT2D eigenvalue weighted by atomic mass is 16.5. The first kappa shape index (κ1) is 18.0. The Morgan fingerprint density at radius 1 is 1.16 bits per heavy atom. The number of phenols is 1. The molecule has 2 rings (SSSR count). The molecule has 0 aromatic heterocycles. The topological polar surface area (TPSA) is 100 Å². The summed E-state index contributed by atoms with van der Waals surface area (Å²) >= 11 is 0. The van der Waals surface area contributed by atoms with Gasteiger partial charge >= 0.3 is 0 Å². The van der Waals surface area contributed by atoms with Crippen LogP contribution in [0.25, 0.3) is 0 Å². The zero-order valence-electron chi connectivity index (χ0n) is 13.9. The number of rotatable bonds is 6. The van der Waals surface area contributed by atoms with E-state index in [-0.39, 0.29) is 5.75 Å². The fourth-order valence-corrected chi connectivity index (χ4v) is 1.92. The van der Waals surface area contributed by atoms with Gasteiger partial charge in [-0.05, 0) is 48.9 Å². The quantitative estimate of drug-likeness (QED) is 0.426. The van der Waals surface area contributed by atoms with Crippen LogP contribution in [0.5, 0.6) is 11.5 Å². The molecule has 25 heavy (non-hydrogen) atoms. The van der Waals surface area contributed by atoms with Crippen LogP contribution in [0.2, 0.25) is 0 Å². The van der Waals surface area contributed by atoms with Gasteiger partial charge in [-0.25, -0.2) is 5.43 Å². The monoisotopic (exact) mass is 341 g/mol. The van der Waals surface area contributed by atoms with E-state index >= 15 is 0 Å². The Balaban J connectivity index is 1.88. The van der Waals surface area contributed by atoms with Crippen LogP contribution in [0, 0.1) is 5.92 Å². The summed E-state index contributed by atoms with van der Waals surface area (Å²) in [5, 5.41) is 15.8. The molecule has 0 saturated heterocycles. The van der Waals surface area contributed by atoms with Crippen LogP contribution in [-0.4, -0.2) is 30.2 Å². The fraction of sp³-hybridized carbons (Fsp3) is 0.167. The number of carbonyl (C=O) groups excluding carboxylic acids is 2. The number of nitrogens with one attached hydrogen (secondary N) is 2. The minimum absolute atomic E-state index is 0.0995. The Morgan fingerprint density at radius 2 is 1.88 bits per heavy atom. The standard InChI is InChI=1S/C18H19N3O4/c1-12(17(23)20-14-6-8-16(25-2)9-7-14)18(24)21-19-11-13-4-3-5-15(22)10-13/h3-12,22H,1-2H3,(H,20,23)(H,21,24). The highest BCUT2D eigenvalue weighted by Gasteiger charge is 2.21. The van der Waals surface area contributed by atoms with Crippen molar-refractivity contribution < 1.29 is 19.4 Å². The van der Waals surface area contributed by atoms with E-state index in [0.29, 0.717) is 17.0 Å². The van der Waals surface area contributed by atoms with E-state index in [2.05, 4.69) is 15.8 Å². The van der Waals surface area contributed by atoms with Gasteiger partial charge in [0.1, 0.15) is 17.4 Å². The van der Waals surface area contributed by atoms with Crippen molar-refractivity contribution in [2.75, 3.05) is 12.4 Å². The third-order valence-corrected chi connectivity index (χ3v) is 3.40. The molecule has 0 aliphatic carbocycles. The first-order valence-corrected chi connectivity index (χ1v) is 7.56. The maximum atomic E-state index is 12.1. The Hall–Kier alpha value is -3.35. The normalized spacial score (nSPS) is 11.8. The lowest BCUT2D eigenvalue weighted by atomic mass is 10.1. The third-order valence-electron chi connectivity index (χ3n) is 3.40. The average Bonchev–Trinajstić information content (AvgIpc) is 2.61. The molecule has 2 aromatic carbocycles. The zero-order chi connectivity index (χ0) is 18.2. The number of hydrazone groups is 1. The van der Waals surface area contributed by atoms with E-state index in [1.165, 1.54) is 25.3 Å². The van der Waals surface area contributed by atoms with Crippen LogP contribution in [0.3, 0.4) is 0 Å². The number of aromatic hydroxyl groups is 1. The van der Waals surface area contributed by atoms with Crippen molar-refractivity contribution in [3.8, 4) is 11.5 Å². The molecule has 3 N–H and O–H groups in total. The largest absolute Gasteiger partial charge is 0.508 e. The smallest absolute Gasteiger partial charge is 0.252 e. The summed E-state index contributed by atoms with van der Waals surface area (Å²) in [4.78, 5) is 24.1. The summed E-state index contributed by atoms with van der Waals surface area (Å²) in [6, 6.07) is 13.2. The van der Waals surface area contributed by atoms with Crippen molar-refractivity contribution in [2.24, 2.45) is 11.0 Å². The number of ether oxygens (including phenoxy) is 1. The van der Waals surface area contributed by atoms with Crippen LogP contribution in [0.15, 0.2) is 53.6 Å². The van der Waals surface area contributed by atoms with E-state index in [0.717, 1.165) is 0 Å². The maximum absolute atomic E-state index is 12.1. The lowest BCUT2D eigenvalue weighted by Gasteiger charge is -2.11. The number of phenolic OH excluding ortho intramolecular Hbond substituents is 1. The van der Waals surface area contributed by atoms with Crippen molar-refractivity contribution in [1.29, 1.82) is 0 Å². The number of hydrogen-bond acceptors (Lipinski definition) is 5. The molecule has 130 valence electrons. The first-order valence-electron chi connectivity index (χ1n) is 7.56. The van der Waals surface area contributed by atoms with E-state index in [1.54, 1.807) is 43.5 Å². The minimum atomic E-state index is -0.927. The fourth-order valence-electron chi connectivity index (χ4n) is 1.92. The molecule has 7 heteroatoms. The predicted molar refractivity (Wildman–Crippen MR) is 94.6 cm³/mol. The molecule has 2 amide bonds. The summed E-state index contributed by atoms with van der Waals surface area (Å²) in [6.45, 7) is 1.48. The number of hydrogen-bond donors (Lipinski definition) is 3. The average molecular weight is 341 g/mol. The van der Waals surface area contributed by atoms with Crippen LogP contribution in [-0.2, 0) is 9.59 Å². The Morgan fingerprint density at radius 3 is 2.52 bits per heavy atom. The molecular weight excluding hydrogens is 322 g/mol. The maximum Gasteiger partial charge on any atom is 0.252 e. The van der Waals surface area contributed by atoms with Gasteiger partial charge in [0.15, 0.2) is 0 Å². The van der Waals surface area contributed by atoms with E-state index < -0.39 is 17.7 Å². The van der Waals surface area contributed by atoms with Gasteiger partial charge in [-0.2, -0.15) is 5.10 Å². The molecule has 0 bridgehead atoms. The highest BCUT2D eigenvalue weighted by Crippen LogP contribution is 2.15. The lowest BCUT2D eigenvalue weighted by Crippen LogP contribution is -2.34. The highest BCUT2D eigenvalue weighted by molar-refractivity contribution is 6.06. The number of methoxy groups -OCH3 is 1. The summed E-state index contributed by atoms with van der Waals surface area (Å²) < 4.78 is 5.04. The van der Waals surface area contributed by atoms with Crippen molar-refractivity contribution in [3.05, 3.63) is 54.1 Å². The van der Waals surface area contributed by atoms with Crippen LogP contribution in [0.4, 0.5) is 5.69 Å². The summed E-state index contributed by atoms with van der Waals surface area (Å²) in [5.41, 5.74) is 3.49. The van der Waals surface area contributed by atoms with Gasteiger partial charge in [-0.1, -0.05) is 12.1 Å². The van der Waals surface area contributed by atoms with E-state index in [4.69, 9.17) is 4.74 Å². The number of amides is 2. The van der Waals surface area contributed by atoms with Gasteiger partial charge in [0, 0.05) is 5.69 Å². The molecule has 0 fully saturated rings. The summed E-state index contributed by atoms with van der Waals surface area (Å²) in [5.74, 6) is -1.14. The number of carbonyl (C=O) groups is 2. The molecule has 0 spiro atoms. The Bertz CT molecular complexity index is 772. The first-order chi connectivity index (χ1) is 12.0. The Labute approximate surface area is 145 Å². The minimum Gasteiger partial charge on any atom is -0.508 e. The third kappa shape index (κ3) is 5.35. The number of nitrogens with zero attached hydrogens (tertiary/aromatic N) is 1. The predicted octanol–water partition coefficient (Wildman–Crippen LogP) is 2.13. The SMILES string of the molecule is COc1ccc(NC(=O)C(C)C(=O)NN=Cc2cccc(O)c2)cc1. The van der Waals surface area contributed by atoms with Gasteiger partial charge in [0.05, 0.1) is 13.3 Å². The van der Waals surface area contributed by atoms with Gasteiger partial charge in [-0.3, -0.25) is 9.59 Å². The lowest BCUT2D eigenvalue weighted by molar-refractivity contribution is -0.131. The summed E-state index contributed by atoms with van der Waals surface area (Å²) in [6.07, 6.45) is 1.38.